The molecule has 90 valence electrons. The zero-order chi connectivity index (χ0) is 12.3. The molecule has 1 aromatic heterocycles. The normalized spacial score (nSPS) is 12.6. The minimum atomic E-state index is 0.158. The molecule has 0 amide bonds. The molecule has 1 heterocycles. The van der Waals surface area contributed by atoms with Crippen LogP contribution in [-0.2, 0) is 6.42 Å². The van der Waals surface area contributed by atoms with Crippen LogP contribution in [0, 0.1) is 6.92 Å². The largest absolute Gasteiger partial charge is 0.271 e. The predicted octanol–water partition coefficient (Wildman–Crippen LogP) is 3.57. The van der Waals surface area contributed by atoms with Gasteiger partial charge in [-0.1, -0.05) is 29.8 Å². The van der Waals surface area contributed by atoms with Crippen LogP contribution in [0.25, 0.3) is 0 Å². The van der Waals surface area contributed by atoms with Gasteiger partial charge in [-0.05, 0) is 46.3 Å². The zero-order valence-corrected chi connectivity index (χ0v) is 12.0. The number of hydrogen-bond donors (Lipinski definition) is 2. The van der Waals surface area contributed by atoms with Crippen molar-refractivity contribution in [3.63, 3.8) is 0 Å². The van der Waals surface area contributed by atoms with Crippen molar-refractivity contribution in [3.05, 3.63) is 56.2 Å². The molecule has 0 aliphatic rings. The maximum atomic E-state index is 5.65. The Balaban J connectivity index is 2.19. The third kappa shape index (κ3) is 3.16. The van der Waals surface area contributed by atoms with E-state index < -0.39 is 0 Å². The third-order valence-corrected chi connectivity index (χ3v) is 4.67. The lowest BCUT2D eigenvalue weighted by atomic mass is 10.0. The fraction of sp³-hybridized carbons (Fsp3) is 0.231. The number of hydrogen-bond acceptors (Lipinski definition) is 3. The second-order valence-electron chi connectivity index (χ2n) is 4.05. The van der Waals surface area contributed by atoms with Crippen LogP contribution in [0.3, 0.4) is 0 Å². The van der Waals surface area contributed by atoms with Crippen LogP contribution in [0.2, 0.25) is 0 Å². The van der Waals surface area contributed by atoms with Gasteiger partial charge in [0.1, 0.15) is 0 Å². The Kier molecular flexibility index (Phi) is 4.34. The Hall–Kier alpha value is -0.680. The summed E-state index contributed by atoms with van der Waals surface area (Å²) < 4.78 is 1.12. The summed E-state index contributed by atoms with van der Waals surface area (Å²) in [5, 5.41) is 2.07. The molecule has 2 aromatic rings. The fourth-order valence-electron chi connectivity index (χ4n) is 1.86. The number of rotatable bonds is 4. The summed E-state index contributed by atoms with van der Waals surface area (Å²) >= 11 is 5.27. The van der Waals surface area contributed by atoms with Crippen LogP contribution in [0.5, 0.6) is 0 Å². The van der Waals surface area contributed by atoms with E-state index in [4.69, 9.17) is 5.84 Å². The van der Waals surface area contributed by atoms with E-state index in [1.165, 1.54) is 16.0 Å². The van der Waals surface area contributed by atoms with Gasteiger partial charge in [0, 0.05) is 9.35 Å². The van der Waals surface area contributed by atoms with Crippen LogP contribution in [0.1, 0.15) is 22.0 Å². The monoisotopic (exact) mass is 310 g/mol. The van der Waals surface area contributed by atoms with Crippen molar-refractivity contribution in [1.29, 1.82) is 0 Å². The second-order valence-corrected chi connectivity index (χ2v) is 5.85. The molecule has 4 heteroatoms. The Bertz CT molecular complexity index is 496. The average molecular weight is 311 g/mol. The smallest absolute Gasteiger partial charge is 0.0604 e. The number of nitrogens with two attached hydrogens (primary N) is 1. The summed E-state index contributed by atoms with van der Waals surface area (Å²) in [5.41, 5.74) is 5.47. The fourth-order valence-corrected chi connectivity index (χ4v) is 3.57. The van der Waals surface area contributed by atoms with Crippen molar-refractivity contribution in [1.82, 2.24) is 5.43 Å². The number of nitrogens with one attached hydrogen (secondary N) is 1. The molecule has 0 spiro atoms. The molecule has 3 N–H and O–H groups in total. The first-order chi connectivity index (χ1) is 8.20. The van der Waals surface area contributed by atoms with Crippen LogP contribution >= 0.6 is 27.3 Å². The van der Waals surface area contributed by atoms with Gasteiger partial charge in [0.25, 0.3) is 0 Å². The topological polar surface area (TPSA) is 38.0 Å². The van der Waals surface area contributed by atoms with Gasteiger partial charge in [-0.15, -0.1) is 11.3 Å². The van der Waals surface area contributed by atoms with Gasteiger partial charge < -0.3 is 0 Å². The summed E-state index contributed by atoms with van der Waals surface area (Å²) in [4.78, 5) is 1.24. The number of aryl methyl sites for hydroxylation is 1. The lowest BCUT2D eigenvalue weighted by Gasteiger charge is -2.15. The molecule has 17 heavy (non-hydrogen) atoms. The van der Waals surface area contributed by atoms with Crippen molar-refractivity contribution in [2.24, 2.45) is 5.84 Å². The van der Waals surface area contributed by atoms with Gasteiger partial charge in [-0.2, -0.15) is 0 Å². The number of thiophene rings is 1. The quantitative estimate of drug-likeness (QED) is 0.669. The highest BCUT2D eigenvalue weighted by Gasteiger charge is 2.14. The van der Waals surface area contributed by atoms with E-state index in [1.807, 2.05) is 0 Å². The molecular formula is C13H15BrN2S. The van der Waals surface area contributed by atoms with E-state index in [0.29, 0.717) is 0 Å². The highest BCUT2D eigenvalue weighted by atomic mass is 79.9. The van der Waals surface area contributed by atoms with E-state index in [2.05, 4.69) is 64.0 Å². The SMILES string of the molecule is Cc1cccc(CC(NN)c2sccc2Br)c1. The third-order valence-electron chi connectivity index (χ3n) is 2.68. The summed E-state index contributed by atoms with van der Waals surface area (Å²) in [6.45, 7) is 2.11. The van der Waals surface area contributed by atoms with Gasteiger partial charge in [-0.3, -0.25) is 11.3 Å². The van der Waals surface area contributed by atoms with E-state index >= 15 is 0 Å². The van der Waals surface area contributed by atoms with E-state index in [-0.39, 0.29) is 6.04 Å². The van der Waals surface area contributed by atoms with Gasteiger partial charge in [0.2, 0.25) is 0 Å². The molecular weight excluding hydrogens is 296 g/mol. The molecule has 0 bridgehead atoms. The summed E-state index contributed by atoms with van der Waals surface area (Å²) in [7, 11) is 0. The minimum Gasteiger partial charge on any atom is -0.271 e. The predicted molar refractivity (Wildman–Crippen MR) is 77.0 cm³/mol. The molecule has 0 aliphatic heterocycles. The molecule has 1 atom stereocenters. The van der Waals surface area contributed by atoms with Crippen molar-refractivity contribution in [2.75, 3.05) is 0 Å². The molecule has 2 rings (SSSR count). The molecule has 0 saturated carbocycles. The van der Waals surface area contributed by atoms with Crippen molar-refractivity contribution in [2.45, 2.75) is 19.4 Å². The Morgan fingerprint density at radius 2 is 2.24 bits per heavy atom. The first-order valence-corrected chi connectivity index (χ1v) is 7.12. The van der Waals surface area contributed by atoms with Crippen LogP contribution in [-0.4, -0.2) is 0 Å². The summed E-state index contributed by atoms with van der Waals surface area (Å²) in [6.07, 6.45) is 0.900. The molecule has 0 radical (unpaired) electrons. The lowest BCUT2D eigenvalue weighted by Crippen LogP contribution is -2.29. The first-order valence-electron chi connectivity index (χ1n) is 5.45. The van der Waals surface area contributed by atoms with E-state index in [0.717, 1.165) is 10.9 Å². The number of hydrazine groups is 1. The molecule has 1 unspecified atom stereocenters. The number of halogens is 1. The van der Waals surface area contributed by atoms with E-state index in [9.17, 15) is 0 Å². The highest BCUT2D eigenvalue weighted by Crippen LogP contribution is 2.30. The van der Waals surface area contributed by atoms with Gasteiger partial charge in [0.05, 0.1) is 6.04 Å². The second kappa shape index (κ2) is 5.78. The van der Waals surface area contributed by atoms with E-state index in [1.54, 1.807) is 11.3 Å². The van der Waals surface area contributed by atoms with Crippen molar-refractivity contribution < 1.29 is 0 Å². The van der Waals surface area contributed by atoms with Crippen LogP contribution in [0.15, 0.2) is 40.2 Å². The zero-order valence-electron chi connectivity index (χ0n) is 9.61. The molecule has 2 nitrogen and oxygen atoms in total. The van der Waals surface area contributed by atoms with Gasteiger partial charge in [0.15, 0.2) is 0 Å². The average Bonchev–Trinajstić information content (AvgIpc) is 2.72. The minimum absolute atomic E-state index is 0.158. The molecule has 1 aromatic carbocycles. The van der Waals surface area contributed by atoms with Crippen LogP contribution in [0.4, 0.5) is 0 Å². The Morgan fingerprint density at radius 1 is 1.41 bits per heavy atom. The summed E-state index contributed by atoms with van der Waals surface area (Å²) in [6, 6.07) is 10.7. The first kappa shape index (κ1) is 12.8. The van der Waals surface area contributed by atoms with Crippen molar-refractivity contribution >= 4 is 27.3 Å². The maximum Gasteiger partial charge on any atom is 0.0604 e. The Morgan fingerprint density at radius 3 is 2.82 bits per heavy atom. The number of benzene rings is 1. The van der Waals surface area contributed by atoms with Crippen molar-refractivity contribution in [3.8, 4) is 0 Å². The molecule has 0 fully saturated rings. The van der Waals surface area contributed by atoms with Gasteiger partial charge in [-0.25, -0.2) is 0 Å². The molecule has 0 aliphatic carbocycles. The van der Waals surface area contributed by atoms with Gasteiger partial charge >= 0.3 is 0 Å². The van der Waals surface area contributed by atoms with Crippen LogP contribution < -0.4 is 11.3 Å². The summed E-state index contributed by atoms with van der Waals surface area (Å²) in [5.74, 6) is 5.65. The highest BCUT2D eigenvalue weighted by molar-refractivity contribution is 9.10. The standard InChI is InChI=1S/C13H15BrN2S/c1-9-3-2-4-10(7-9)8-12(16-15)13-11(14)5-6-17-13/h2-7,12,16H,8,15H2,1H3. The molecule has 0 saturated heterocycles. The Labute approximate surface area is 114 Å². The lowest BCUT2D eigenvalue weighted by molar-refractivity contribution is 0.559. The maximum absolute atomic E-state index is 5.65.